The maximum absolute atomic E-state index is 12.9. The van der Waals surface area contributed by atoms with E-state index in [4.69, 9.17) is 4.74 Å². The zero-order valence-corrected chi connectivity index (χ0v) is 14.9. The number of fused-ring (bicyclic) bond motifs is 1. The van der Waals surface area contributed by atoms with Gasteiger partial charge in [-0.15, -0.1) is 11.3 Å². The average Bonchev–Trinajstić information content (AvgIpc) is 2.80. The molecule has 0 unspecified atom stereocenters. The summed E-state index contributed by atoms with van der Waals surface area (Å²) in [6, 6.07) is 0. The molecule has 0 N–H and O–H groups in total. The molecule has 2 aromatic rings. The minimum absolute atomic E-state index is 0.0191. The largest absolute Gasteiger partial charge is 0.372 e. The number of aromatic nitrogens is 2. The Balaban J connectivity index is 2.07. The van der Waals surface area contributed by atoms with Crippen LogP contribution in [0, 0.1) is 13.8 Å². The topological polar surface area (TPSA) is 64.4 Å². The molecule has 2 aromatic heterocycles. The highest BCUT2D eigenvalue weighted by molar-refractivity contribution is 7.20. The Morgan fingerprint density at radius 3 is 2.48 bits per heavy atom. The van der Waals surface area contributed by atoms with Crippen molar-refractivity contribution >= 4 is 27.5 Å². The fraction of sp³-hybridized carbons (Fsp3) is 0.562. The summed E-state index contributed by atoms with van der Waals surface area (Å²) < 4.78 is 7.21. The number of carbonyl (C=O) groups excluding carboxylic acids is 1. The molecule has 1 amide bonds. The minimum atomic E-state index is -0.0935. The first-order chi connectivity index (χ1) is 10.8. The number of rotatable bonds is 1. The van der Waals surface area contributed by atoms with Gasteiger partial charge in [-0.25, -0.2) is 4.98 Å². The Labute approximate surface area is 138 Å². The monoisotopic (exact) mass is 335 g/mol. The van der Waals surface area contributed by atoms with Crippen molar-refractivity contribution in [2.24, 2.45) is 7.05 Å². The van der Waals surface area contributed by atoms with E-state index in [1.807, 2.05) is 25.7 Å². The number of ether oxygens (including phenoxy) is 1. The van der Waals surface area contributed by atoms with E-state index in [-0.39, 0.29) is 23.7 Å². The van der Waals surface area contributed by atoms with Crippen LogP contribution in [0.2, 0.25) is 0 Å². The van der Waals surface area contributed by atoms with Gasteiger partial charge in [0.05, 0.1) is 22.5 Å². The Morgan fingerprint density at radius 2 is 1.87 bits per heavy atom. The minimum Gasteiger partial charge on any atom is -0.372 e. The molecule has 1 aliphatic rings. The summed E-state index contributed by atoms with van der Waals surface area (Å²) in [6.45, 7) is 8.70. The van der Waals surface area contributed by atoms with Gasteiger partial charge < -0.3 is 9.64 Å². The third-order valence-electron chi connectivity index (χ3n) is 4.30. The molecule has 3 heterocycles. The molecule has 3 rings (SSSR count). The Hall–Kier alpha value is -1.73. The molecule has 0 radical (unpaired) electrons. The van der Waals surface area contributed by atoms with Crippen molar-refractivity contribution in [1.82, 2.24) is 14.5 Å². The average molecular weight is 335 g/mol. The van der Waals surface area contributed by atoms with Crippen LogP contribution in [-0.2, 0) is 11.8 Å². The third kappa shape index (κ3) is 2.68. The summed E-state index contributed by atoms with van der Waals surface area (Å²) in [5.74, 6) is 0.614. The van der Waals surface area contributed by atoms with E-state index in [2.05, 4.69) is 4.98 Å². The van der Waals surface area contributed by atoms with Gasteiger partial charge in [0.25, 0.3) is 11.5 Å². The smallest absolute Gasteiger partial charge is 0.264 e. The summed E-state index contributed by atoms with van der Waals surface area (Å²) in [6.07, 6.45) is 0.0382. The van der Waals surface area contributed by atoms with Gasteiger partial charge in [0.1, 0.15) is 10.7 Å². The Kier molecular flexibility index (Phi) is 4.01. The van der Waals surface area contributed by atoms with Crippen molar-refractivity contribution in [3.05, 3.63) is 26.6 Å². The van der Waals surface area contributed by atoms with Crippen LogP contribution in [0.1, 0.15) is 34.9 Å². The van der Waals surface area contributed by atoms with E-state index in [1.165, 1.54) is 15.9 Å². The fourth-order valence-electron chi connectivity index (χ4n) is 3.06. The molecule has 2 atom stereocenters. The van der Waals surface area contributed by atoms with Gasteiger partial charge in [0.15, 0.2) is 0 Å². The van der Waals surface area contributed by atoms with Crippen molar-refractivity contribution in [2.45, 2.75) is 39.9 Å². The number of morpholine rings is 1. The molecule has 0 aliphatic carbocycles. The second kappa shape index (κ2) is 5.72. The lowest BCUT2D eigenvalue weighted by Crippen LogP contribution is -2.48. The van der Waals surface area contributed by atoms with E-state index >= 15 is 0 Å². The lowest BCUT2D eigenvalue weighted by Gasteiger charge is -2.35. The van der Waals surface area contributed by atoms with Gasteiger partial charge in [0, 0.05) is 20.1 Å². The highest BCUT2D eigenvalue weighted by Gasteiger charge is 2.29. The first-order valence-electron chi connectivity index (χ1n) is 7.71. The Morgan fingerprint density at radius 1 is 1.26 bits per heavy atom. The number of amides is 1. The summed E-state index contributed by atoms with van der Waals surface area (Å²) in [4.78, 5) is 32.9. The first-order valence-corrected chi connectivity index (χ1v) is 8.52. The van der Waals surface area contributed by atoms with Crippen molar-refractivity contribution in [3.8, 4) is 0 Å². The fourth-order valence-corrected chi connectivity index (χ4v) is 4.24. The summed E-state index contributed by atoms with van der Waals surface area (Å²) >= 11 is 1.31. The normalized spacial score (nSPS) is 21.9. The molecular weight excluding hydrogens is 314 g/mol. The van der Waals surface area contributed by atoms with Crippen LogP contribution >= 0.6 is 11.3 Å². The maximum Gasteiger partial charge on any atom is 0.264 e. The highest BCUT2D eigenvalue weighted by Crippen LogP contribution is 2.29. The summed E-state index contributed by atoms with van der Waals surface area (Å²) in [5, 5.41) is 0.556. The van der Waals surface area contributed by atoms with Gasteiger partial charge >= 0.3 is 0 Å². The highest BCUT2D eigenvalue weighted by atomic mass is 32.1. The molecule has 1 fully saturated rings. The summed E-state index contributed by atoms with van der Waals surface area (Å²) in [5.41, 5.74) is 0.638. The molecule has 6 nitrogen and oxygen atoms in total. The van der Waals surface area contributed by atoms with Crippen LogP contribution in [0.3, 0.4) is 0 Å². The molecule has 7 heteroatoms. The number of thiophene rings is 1. The van der Waals surface area contributed by atoms with Gasteiger partial charge in [-0.3, -0.25) is 14.2 Å². The molecule has 0 aromatic carbocycles. The van der Waals surface area contributed by atoms with Crippen LogP contribution in [0.15, 0.2) is 4.79 Å². The van der Waals surface area contributed by atoms with Gasteiger partial charge in [-0.05, 0) is 33.3 Å². The molecule has 0 saturated carbocycles. The van der Waals surface area contributed by atoms with Gasteiger partial charge in [-0.1, -0.05) is 0 Å². The van der Waals surface area contributed by atoms with E-state index in [1.54, 1.807) is 14.0 Å². The first kappa shape index (κ1) is 16.1. The molecule has 0 bridgehead atoms. The van der Waals surface area contributed by atoms with Crippen LogP contribution < -0.4 is 5.56 Å². The van der Waals surface area contributed by atoms with Crippen LogP contribution in [0.25, 0.3) is 10.2 Å². The van der Waals surface area contributed by atoms with Crippen molar-refractivity contribution < 1.29 is 9.53 Å². The number of hydrogen-bond donors (Lipinski definition) is 0. The predicted octanol–water partition coefficient (Wildman–Crippen LogP) is 1.86. The number of aryl methyl sites for hydroxylation is 2. The maximum atomic E-state index is 12.9. The van der Waals surface area contributed by atoms with Gasteiger partial charge in [0.2, 0.25) is 0 Å². The molecular formula is C16H21N3O3S. The van der Waals surface area contributed by atoms with Crippen LogP contribution in [-0.4, -0.2) is 45.7 Å². The molecule has 23 heavy (non-hydrogen) atoms. The zero-order chi connectivity index (χ0) is 16.9. The van der Waals surface area contributed by atoms with Crippen molar-refractivity contribution in [1.29, 1.82) is 0 Å². The molecule has 1 aliphatic heterocycles. The van der Waals surface area contributed by atoms with Crippen molar-refractivity contribution in [3.63, 3.8) is 0 Å². The number of carbonyl (C=O) groups is 1. The van der Waals surface area contributed by atoms with E-state index in [9.17, 15) is 9.59 Å². The van der Waals surface area contributed by atoms with E-state index in [0.29, 0.717) is 34.0 Å². The number of hydrogen-bond acceptors (Lipinski definition) is 5. The van der Waals surface area contributed by atoms with E-state index < -0.39 is 0 Å². The van der Waals surface area contributed by atoms with Crippen molar-refractivity contribution in [2.75, 3.05) is 13.1 Å². The molecule has 0 spiro atoms. The SMILES string of the molecule is Cc1c(C(=O)N2C[C@@H](C)O[C@@H](C)C2)sc2nc(C)n(C)c(=O)c12. The zero-order valence-electron chi connectivity index (χ0n) is 14.0. The van der Waals surface area contributed by atoms with E-state index in [0.717, 1.165) is 5.56 Å². The lowest BCUT2D eigenvalue weighted by molar-refractivity contribution is -0.0585. The predicted molar refractivity (Wildman–Crippen MR) is 90.2 cm³/mol. The Bertz CT molecular complexity index is 829. The summed E-state index contributed by atoms with van der Waals surface area (Å²) in [7, 11) is 1.70. The van der Waals surface area contributed by atoms with Crippen LogP contribution in [0.5, 0.6) is 0 Å². The lowest BCUT2D eigenvalue weighted by atomic mass is 10.1. The molecule has 124 valence electrons. The number of nitrogens with zero attached hydrogens (tertiary/aromatic N) is 3. The third-order valence-corrected chi connectivity index (χ3v) is 5.47. The quantitative estimate of drug-likeness (QED) is 0.798. The molecule has 1 saturated heterocycles. The van der Waals surface area contributed by atoms with Crippen LogP contribution in [0.4, 0.5) is 0 Å². The second-order valence-corrected chi connectivity index (χ2v) is 7.23. The second-order valence-electron chi connectivity index (χ2n) is 6.23. The standard InChI is InChI=1S/C16H21N3O3S/c1-8-6-19(7-9(2)22-8)16(21)13-10(3)12-14(23-13)17-11(4)18(5)15(12)20/h8-9H,6-7H2,1-5H3/t8-,9+. The van der Waals surface area contributed by atoms with Gasteiger partial charge in [-0.2, -0.15) is 0 Å².